The Morgan fingerprint density at radius 1 is 1.12 bits per heavy atom. The Hall–Kier alpha value is -1.55. The maximum Gasteiger partial charge on any atom is 0.257 e. The number of aliphatic imine (C=N–C) groups is 1. The summed E-state index contributed by atoms with van der Waals surface area (Å²) in [7, 11) is 1.82. The van der Waals surface area contributed by atoms with E-state index in [9.17, 15) is 4.79 Å². The van der Waals surface area contributed by atoms with Crippen molar-refractivity contribution in [2.24, 2.45) is 10.9 Å². The van der Waals surface area contributed by atoms with E-state index in [1.807, 2.05) is 38.2 Å². The Kier molecular flexibility index (Phi) is 12.9. The van der Waals surface area contributed by atoms with Gasteiger partial charge in [-0.25, -0.2) is 0 Å². The highest BCUT2D eigenvalue weighted by atomic mass is 127. The number of hydrogen-bond acceptors (Lipinski definition) is 4. The highest BCUT2D eigenvalue weighted by molar-refractivity contribution is 14.0. The average Bonchev–Trinajstić information content (AvgIpc) is 2.83. The summed E-state index contributed by atoms with van der Waals surface area (Å²) in [6.07, 6.45) is 9.46. The van der Waals surface area contributed by atoms with Crippen molar-refractivity contribution in [3.05, 3.63) is 29.8 Å². The van der Waals surface area contributed by atoms with Gasteiger partial charge in [-0.15, -0.1) is 24.0 Å². The van der Waals surface area contributed by atoms with Crippen molar-refractivity contribution in [3.63, 3.8) is 0 Å². The molecule has 1 saturated heterocycles. The Bertz CT molecular complexity index is 731. The number of likely N-dealkylation sites (tertiary alicyclic amines) is 1. The van der Waals surface area contributed by atoms with E-state index in [0.29, 0.717) is 24.9 Å². The van der Waals surface area contributed by atoms with Gasteiger partial charge in [0.25, 0.3) is 5.91 Å². The molecule has 33 heavy (non-hydrogen) atoms. The lowest BCUT2D eigenvalue weighted by Gasteiger charge is -2.36. The van der Waals surface area contributed by atoms with Gasteiger partial charge in [-0.05, 0) is 56.2 Å². The molecule has 3 rings (SSSR count). The second-order valence-corrected chi connectivity index (χ2v) is 9.04. The number of benzene rings is 1. The Morgan fingerprint density at radius 3 is 2.58 bits per heavy atom. The van der Waals surface area contributed by atoms with Crippen molar-refractivity contribution in [2.45, 2.75) is 64.5 Å². The van der Waals surface area contributed by atoms with Crippen LogP contribution in [-0.4, -0.2) is 62.6 Å². The van der Waals surface area contributed by atoms with Crippen LogP contribution in [0.3, 0.4) is 0 Å². The molecule has 3 N–H and O–H groups in total. The number of hydrogen-bond donors (Lipinski definition) is 3. The highest BCUT2D eigenvalue weighted by Crippen LogP contribution is 2.25. The number of guanidine groups is 1. The molecule has 1 saturated carbocycles. The fraction of sp³-hybridized carbons (Fsp3) is 0.680. The number of piperidine rings is 1. The molecule has 0 aromatic heterocycles. The summed E-state index contributed by atoms with van der Waals surface area (Å²) in [5.74, 6) is 2.35. The second-order valence-electron chi connectivity index (χ2n) is 9.04. The molecule has 0 spiro atoms. The zero-order valence-electron chi connectivity index (χ0n) is 20.3. The third-order valence-corrected chi connectivity index (χ3v) is 6.50. The summed E-state index contributed by atoms with van der Waals surface area (Å²) in [5, 5.41) is 9.75. The van der Waals surface area contributed by atoms with Crippen LogP contribution in [0.1, 0.15) is 57.4 Å². The Labute approximate surface area is 216 Å². The number of likely N-dealkylation sites (N-methyl/N-ethyl adjacent to an activating group) is 1. The maximum atomic E-state index is 11.6. The van der Waals surface area contributed by atoms with Gasteiger partial charge in [0.15, 0.2) is 12.6 Å². The number of nitrogens with one attached hydrogen (secondary N) is 3. The largest absolute Gasteiger partial charge is 0.484 e. The zero-order valence-corrected chi connectivity index (χ0v) is 22.6. The molecule has 0 radical (unpaired) electrons. The Balaban J connectivity index is 0.00000385. The standard InChI is InChI=1S/C25H41N5O2.HI/c1-3-27-24(31)19-32-23-11-7-10-21(16-23)17-28-25(26-2)29-22-12-14-30(15-13-22)18-20-8-5-4-6-9-20;/h7,10-11,16,20,22H,3-6,8-9,12-15,17-19H2,1-2H3,(H,27,31)(H2,26,28,29);1H. The first-order valence-electron chi connectivity index (χ1n) is 12.3. The summed E-state index contributed by atoms with van der Waals surface area (Å²) in [5.41, 5.74) is 1.09. The third kappa shape index (κ3) is 10.1. The highest BCUT2D eigenvalue weighted by Gasteiger charge is 2.23. The van der Waals surface area contributed by atoms with Crippen molar-refractivity contribution < 1.29 is 9.53 Å². The molecule has 7 nitrogen and oxygen atoms in total. The summed E-state index contributed by atoms with van der Waals surface area (Å²) in [4.78, 5) is 18.7. The van der Waals surface area contributed by atoms with Crippen LogP contribution >= 0.6 is 24.0 Å². The molecule has 2 fully saturated rings. The topological polar surface area (TPSA) is 78.0 Å². The molecular weight excluding hydrogens is 529 g/mol. The summed E-state index contributed by atoms with van der Waals surface area (Å²) in [6.45, 7) is 6.83. The van der Waals surface area contributed by atoms with Gasteiger partial charge in [-0.3, -0.25) is 9.79 Å². The van der Waals surface area contributed by atoms with E-state index in [1.54, 1.807) is 0 Å². The molecule has 1 aromatic rings. The first-order chi connectivity index (χ1) is 15.7. The number of nitrogens with zero attached hydrogens (tertiary/aromatic N) is 2. The van der Waals surface area contributed by atoms with Crippen molar-refractivity contribution in [3.8, 4) is 5.75 Å². The monoisotopic (exact) mass is 571 g/mol. The van der Waals surface area contributed by atoms with E-state index in [4.69, 9.17) is 4.74 Å². The van der Waals surface area contributed by atoms with Crippen LogP contribution in [0.15, 0.2) is 29.3 Å². The zero-order chi connectivity index (χ0) is 22.6. The maximum absolute atomic E-state index is 11.6. The Morgan fingerprint density at radius 2 is 1.88 bits per heavy atom. The molecule has 8 heteroatoms. The van der Waals surface area contributed by atoms with Gasteiger partial charge in [-0.2, -0.15) is 0 Å². The molecule has 1 aliphatic carbocycles. The third-order valence-electron chi connectivity index (χ3n) is 6.50. The van der Waals surface area contributed by atoms with E-state index in [-0.39, 0.29) is 36.5 Å². The van der Waals surface area contributed by atoms with Gasteiger partial charge in [-0.1, -0.05) is 31.4 Å². The van der Waals surface area contributed by atoms with Crippen LogP contribution < -0.4 is 20.7 Å². The fourth-order valence-electron chi connectivity index (χ4n) is 4.71. The van der Waals surface area contributed by atoms with E-state index >= 15 is 0 Å². The van der Waals surface area contributed by atoms with Crippen molar-refractivity contribution in [2.75, 3.05) is 39.8 Å². The summed E-state index contributed by atoms with van der Waals surface area (Å²) >= 11 is 0. The minimum atomic E-state index is -0.106. The molecule has 1 aliphatic heterocycles. The van der Waals surface area contributed by atoms with Gasteiger partial charge in [0.05, 0.1) is 0 Å². The SMILES string of the molecule is CCNC(=O)COc1cccc(CNC(=NC)NC2CCN(CC3CCCCC3)CC2)c1.I. The van der Waals surface area contributed by atoms with E-state index in [0.717, 1.165) is 30.3 Å². The average molecular weight is 572 g/mol. The molecule has 1 aromatic carbocycles. The predicted molar refractivity (Wildman–Crippen MR) is 145 cm³/mol. The number of rotatable bonds is 9. The van der Waals surface area contributed by atoms with Crippen LogP contribution in [0, 0.1) is 5.92 Å². The lowest BCUT2D eigenvalue weighted by atomic mass is 9.88. The van der Waals surface area contributed by atoms with Crippen molar-refractivity contribution in [1.82, 2.24) is 20.9 Å². The smallest absolute Gasteiger partial charge is 0.257 e. The van der Waals surface area contributed by atoms with E-state index in [2.05, 4.69) is 25.8 Å². The fourth-order valence-corrected chi connectivity index (χ4v) is 4.71. The quantitative estimate of drug-likeness (QED) is 0.240. The molecule has 0 bridgehead atoms. The van der Waals surface area contributed by atoms with Gasteiger partial charge < -0.3 is 25.6 Å². The minimum absolute atomic E-state index is 0. The van der Waals surface area contributed by atoms with Crippen LogP contribution in [0.25, 0.3) is 0 Å². The van der Waals surface area contributed by atoms with E-state index in [1.165, 1.54) is 51.7 Å². The molecule has 0 atom stereocenters. The van der Waals surface area contributed by atoms with Crippen LogP contribution in [0.4, 0.5) is 0 Å². The lowest BCUT2D eigenvalue weighted by molar-refractivity contribution is -0.122. The molecule has 2 aliphatic rings. The van der Waals surface area contributed by atoms with Crippen LogP contribution in [0.5, 0.6) is 5.75 Å². The summed E-state index contributed by atoms with van der Waals surface area (Å²) in [6, 6.07) is 8.29. The lowest BCUT2D eigenvalue weighted by Crippen LogP contribution is -2.49. The first kappa shape index (κ1) is 27.7. The van der Waals surface area contributed by atoms with Gasteiger partial charge in [0.2, 0.25) is 0 Å². The summed E-state index contributed by atoms with van der Waals surface area (Å²) < 4.78 is 5.59. The predicted octanol–water partition coefficient (Wildman–Crippen LogP) is 3.53. The number of carbonyl (C=O) groups excluding carboxylic acids is 1. The van der Waals surface area contributed by atoms with Gasteiger partial charge in [0, 0.05) is 45.8 Å². The normalized spacial score (nSPS) is 18.3. The molecular formula is C25H42IN5O2. The number of ether oxygens (including phenoxy) is 1. The number of amides is 1. The second kappa shape index (κ2) is 15.4. The van der Waals surface area contributed by atoms with Crippen LogP contribution in [0.2, 0.25) is 0 Å². The number of halogens is 1. The molecule has 1 heterocycles. The first-order valence-corrected chi connectivity index (χ1v) is 12.3. The molecule has 0 unspecified atom stereocenters. The van der Waals surface area contributed by atoms with E-state index < -0.39 is 0 Å². The number of carbonyl (C=O) groups is 1. The van der Waals surface area contributed by atoms with Crippen molar-refractivity contribution in [1.29, 1.82) is 0 Å². The van der Waals surface area contributed by atoms with Gasteiger partial charge >= 0.3 is 0 Å². The van der Waals surface area contributed by atoms with Crippen LogP contribution in [-0.2, 0) is 11.3 Å². The van der Waals surface area contributed by atoms with Crippen molar-refractivity contribution >= 4 is 35.8 Å². The van der Waals surface area contributed by atoms with Gasteiger partial charge in [0.1, 0.15) is 5.75 Å². The molecule has 186 valence electrons. The minimum Gasteiger partial charge on any atom is -0.484 e. The molecule has 1 amide bonds.